The van der Waals surface area contributed by atoms with Crippen LogP contribution >= 0.6 is 0 Å². The van der Waals surface area contributed by atoms with Crippen molar-refractivity contribution < 1.29 is 9.59 Å². The van der Waals surface area contributed by atoms with Gasteiger partial charge >= 0.3 is 0 Å². The van der Waals surface area contributed by atoms with Crippen LogP contribution < -0.4 is 5.32 Å². The minimum atomic E-state index is -0.743. The predicted molar refractivity (Wildman–Crippen MR) is 92.2 cm³/mol. The highest BCUT2D eigenvalue weighted by atomic mass is 16.1. The lowest BCUT2D eigenvalue weighted by Gasteiger charge is -2.35. The second-order valence-corrected chi connectivity index (χ2v) is 5.80. The molecule has 0 radical (unpaired) electrons. The summed E-state index contributed by atoms with van der Waals surface area (Å²) in [5.74, 6) is 0.162. The average Bonchev–Trinajstić information content (AvgIpc) is 2.61. The van der Waals surface area contributed by atoms with Crippen LogP contribution in [0, 0.1) is 0 Å². The first-order chi connectivity index (χ1) is 11.1. The van der Waals surface area contributed by atoms with E-state index in [1.807, 2.05) is 74.5 Å². The van der Waals surface area contributed by atoms with Gasteiger partial charge in [0.2, 0.25) is 6.41 Å². The largest absolute Gasteiger partial charge is 0.356 e. The van der Waals surface area contributed by atoms with E-state index >= 15 is 0 Å². The Morgan fingerprint density at radius 3 is 1.91 bits per heavy atom. The molecule has 3 nitrogen and oxygen atoms in total. The summed E-state index contributed by atoms with van der Waals surface area (Å²) >= 11 is 0. The monoisotopic (exact) mass is 309 g/mol. The number of carbonyl (C=O) groups excluding carboxylic acids is 2. The molecule has 0 aliphatic heterocycles. The van der Waals surface area contributed by atoms with Gasteiger partial charge in [0.05, 0.1) is 5.41 Å². The van der Waals surface area contributed by atoms with Gasteiger partial charge in [0.15, 0.2) is 0 Å². The molecule has 0 spiro atoms. The standard InChI is InChI=1S/C20H23NO2/c1-3-19(23)20(14-16(2)21-15-22,17-10-6-4-7-11-17)18-12-8-5-9-13-18/h4-13,15-16H,3,14H2,1-2H3,(H,21,22). The summed E-state index contributed by atoms with van der Waals surface area (Å²) in [5.41, 5.74) is 1.20. The molecule has 23 heavy (non-hydrogen) atoms. The van der Waals surface area contributed by atoms with E-state index in [9.17, 15) is 9.59 Å². The van der Waals surface area contributed by atoms with Crippen molar-refractivity contribution in [1.29, 1.82) is 0 Å². The number of Topliss-reactive ketones (excluding diaryl/α,β-unsaturated/α-hetero) is 1. The SMILES string of the molecule is CCC(=O)C(CC(C)NC=O)(c1ccccc1)c1ccccc1. The summed E-state index contributed by atoms with van der Waals surface area (Å²) in [4.78, 5) is 23.9. The first kappa shape index (κ1) is 16.9. The van der Waals surface area contributed by atoms with Gasteiger partial charge in [0.25, 0.3) is 0 Å². The van der Waals surface area contributed by atoms with Crippen LogP contribution in [-0.4, -0.2) is 18.2 Å². The van der Waals surface area contributed by atoms with Gasteiger partial charge in [-0.05, 0) is 24.5 Å². The lowest BCUT2D eigenvalue weighted by molar-refractivity contribution is -0.123. The average molecular weight is 309 g/mol. The molecule has 0 fully saturated rings. The third-order valence-corrected chi connectivity index (χ3v) is 4.30. The fourth-order valence-electron chi connectivity index (χ4n) is 3.22. The lowest BCUT2D eigenvalue weighted by Crippen LogP contribution is -2.43. The van der Waals surface area contributed by atoms with Crippen LogP contribution in [0.4, 0.5) is 0 Å². The second-order valence-electron chi connectivity index (χ2n) is 5.80. The van der Waals surface area contributed by atoms with Crippen LogP contribution in [0.15, 0.2) is 60.7 Å². The minimum absolute atomic E-state index is 0.108. The fourth-order valence-corrected chi connectivity index (χ4v) is 3.22. The van der Waals surface area contributed by atoms with Crippen LogP contribution in [0.2, 0.25) is 0 Å². The quantitative estimate of drug-likeness (QED) is 0.759. The first-order valence-electron chi connectivity index (χ1n) is 7.99. The molecule has 1 unspecified atom stereocenters. The van der Waals surface area contributed by atoms with Crippen molar-refractivity contribution in [3.63, 3.8) is 0 Å². The van der Waals surface area contributed by atoms with Gasteiger partial charge in [0.1, 0.15) is 5.78 Å². The number of rotatable bonds is 8. The molecule has 120 valence electrons. The molecule has 0 aromatic heterocycles. The highest BCUT2D eigenvalue weighted by Crippen LogP contribution is 2.38. The maximum absolute atomic E-state index is 13.1. The summed E-state index contributed by atoms with van der Waals surface area (Å²) in [7, 11) is 0. The molecule has 1 atom stereocenters. The van der Waals surface area contributed by atoms with E-state index in [1.54, 1.807) is 0 Å². The Morgan fingerprint density at radius 1 is 1.04 bits per heavy atom. The zero-order chi connectivity index (χ0) is 16.7. The third-order valence-electron chi connectivity index (χ3n) is 4.30. The zero-order valence-electron chi connectivity index (χ0n) is 13.7. The summed E-state index contributed by atoms with van der Waals surface area (Å²) in [6.45, 7) is 3.82. The molecule has 0 saturated carbocycles. The van der Waals surface area contributed by atoms with Gasteiger partial charge in [-0.1, -0.05) is 67.6 Å². The summed E-state index contributed by atoms with van der Waals surface area (Å²) in [6, 6.07) is 19.6. The van der Waals surface area contributed by atoms with Crippen molar-refractivity contribution in [2.24, 2.45) is 0 Å². The molecule has 3 heteroatoms. The van der Waals surface area contributed by atoms with Crippen LogP contribution in [0.1, 0.15) is 37.8 Å². The van der Waals surface area contributed by atoms with Crippen LogP contribution in [-0.2, 0) is 15.0 Å². The topological polar surface area (TPSA) is 46.2 Å². The lowest BCUT2D eigenvalue weighted by atomic mass is 9.67. The van der Waals surface area contributed by atoms with E-state index < -0.39 is 5.41 Å². The Hall–Kier alpha value is -2.42. The molecule has 0 aliphatic rings. The van der Waals surface area contributed by atoms with Gasteiger partial charge in [-0.2, -0.15) is 0 Å². The molecule has 2 aromatic rings. The minimum Gasteiger partial charge on any atom is -0.356 e. The predicted octanol–water partition coefficient (Wildman–Crippen LogP) is 3.48. The van der Waals surface area contributed by atoms with Crippen molar-refractivity contribution in [2.75, 3.05) is 0 Å². The second kappa shape index (κ2) is 7.73. The van der Waals surface area contributed by atoms with Crippen molar-refractivity contribution in [1.82, 2.24) is 5.32 Å². The molecule has 0 heterocycles. The molecular formula is C20H23NO2. The molecule has 0 saturated heterocycles. The van der Waals surface area contributed by atoms with Gasteiger partial charge in [-0.25, -0.2) is 0 Å². The number of hydrogen-bond acceptors (Lipinski definition) is 2. The van der Waals surface area contributed by atoms with Crippen molar-refractivity contribution in [2.45, 2.75) is 38.1 Å². The van der Waals surface area contributed by atoms with Crippen molar-refractivity contribution >= 4 is 12.2 Å². The summed E-state index contributed by atoms with van der Waals surface area (Å²) in [6.07, 6.45) is 1.67. The van der Waals surface area contributed by atoms with Crippen molar-refractivity contribution in [3.8, 4) is 0 Å². The highest BCUT2D eigenvalue weighted by Gasteiger charge is 2.41. The maximum Gasteiger partial charge on any atom is 0.207 e. The number of carbonyl (C=O) groups is 2. The Labute approximate surface area is 137 Å². The molecule has 2 aromatic carbocycles. The smallest absolute Gasteiger partial charge is 0.207 e. The first-order valence-corrected chi connectivity index (χ1v) is 7.99. The Bertz CT molecular complexity index is 598. The zero-order valence-corrected chi connectivity index (χ0v) is 13.7. The fraction of sp³-hybridized carbons (Fsp3) is 0.300. The maximum atomic E-state index is 13.1. The molecule has 0 aliphatic carbocycles. The van der Waals surface area contributed by atoms with E-state index in [2.05, 4.69) is 5.32 Å². The van der Waals surface area contributed by atoms with E-state index in [-0.39, 0.29) is 11.8 Å². The van der Waals surface area contributed by atoms with Crippen LogP contribution in [0.5, 0.6) is 0 Å². The number of ketones is 1. The van der Waals surface area contributed by atoms with Gasteiger partial charge < -0.3 is 5.32 Å². The normalized spacial score (nSPS) is 12.4. The molecular weight excluding hydrogens is 286 g/mol. The Balaban J connectivity index is 2.63. The third kappa shape index (κ3) is 3.50. The summed E-state index contributed by atoms with van der Waals surface area (Å²) < 4.78 is 0. The molecule has 1 amide bonds. The van der Waals surface area contributed by atoms with E-state index in [0.717, 1.165) is 11.1 Å². The highest BCUT2D eigenvalue weighted by molar-refractivity contribution is 5.93. The number of amides is 1. The van der Waals surface area contributed by atoms with Gasteiger partial charge in [-0.3, -0.25) is 9.59 Å². The molecule has 1 N–H and O–H groups in total. The molecule has 2 rings (SSSR count). The number of hydrogen-bond donors (Lipinski definition) is 1. The Kier molecular flexibility index (Phi) is 5.69. The van der Waals surface area contributed by atoms with Gasteiger partial charge in [0, 0.05) is 12.5 Å². The van der Waals surface area contributed by atoms with Crippen molar-refractivity contribution in [3.05, 3.63) is 71.8 Å². The number of nitrogens with one attached hydrogen (secondary N) is 1. The van der Waals surface area contributed by atoms with Gasteiger partial charge in [-0.15, -0.1) is 0 Å². The number of benzene rings is 2. The van der Waals surface area contributed by atoms with Crippen LogP contribution in [0.25, 0.3) is 0 Å². The van der Waals surface area contributed by atoms with Crippen LogP contribution in [0.3, 0.4) is 0 Å². The van der Waals surface area contributed by atoms with E-state index in [4.69, 9.17) is 0 Å². The molecule has 0 bridgehead atoms. The summed E-state index contributed by atoms with van der Waals surface area (Å²) in [5, 5.41) is 2.79. The van der Waals surface area contributed by atoms with E-state index in [0.29, 0.717) is 19.3 Å². The van der Waals surface area contributed by atoms with E-state index in [1.165, 1.54) is 0 Å². The Morgan fingerprint density at radius 2 is 1.52 bits per heavy atom.